The number of benzene rings is 1. The molecule has 0 saturated heterocycles. The molecular formula is C26H27NO3. The third kappa shape index (κ3) is 3.20. The molecule has 4 rings (SSSR count). The van der Waals surface area contributed by atoms with Gasteiger partial charge in [-0.3, -0.25) is 14.6 Å². The number of aryl methyl sites for hydroxylation is 1. The van der Waals surface area contributed by atoms with E-state index in [0.29, 0.717) is 35.2 Å². The Labute approximate surface area is 177 Å². The average molecular weight is 402 g/mol. The van der Waals surface area contributed by atoms with Gasteiger partial charge in [-0.2, -0.15) is 0 Å². The average Bonchev–Trinajstić information content (AvgIpc) is 3.03. The first kappa shape index (κ1) is 20.3. The van der Waals surface area contributed by atoms with Crippen molar-refractivity contribution in [3.05, 3.63) is 81.9 Å². The lowest BCUT2D eigenvalue weighted by atomic mass is 9.67. The summed E-state index contributed by atoms with van der Waals surface area (Å²) < 4.78 is 0. The van der Waals surface area contributed by atoms with Crippen LogP contribution < -0.4 is 0 Å². The van der Waals surface area contributed by atoms with E-state index in [4.69, 9.17) is 0 Å². The van der Waals surface area contributed by atoms with E-state index in [-0.39, 0.29) is 28.2 Å². The predicted octanol–water partition coefficient (Wildman–Crippen LogP) is 5.38. The molecule has 30 heavy (non-hydrogen) atoms. The molecule has 0 atom stereocenters. The second kappa shape index (κ2) is 6.76. The predicted molar refractivity (Wildman–Crippen MR) is 118 cm³/mol. The number of rotatable bonds is 3. The van der Waals surface area contributed by atoms with E-state index in [9.17, 15) is 14.7 Å². The fourth-order valence-electron chi connectivity index (χ4n) is 4.40. The van der Waals surface area contributed by atoms with Crippen LogP contribution in [-0.4, -0.2) is 21.7 Å². The molecule has 0 unspecified atom stereocenters. The van der Waals surface area contributed by atoms with Crippen LogP contribution in [-0.2, 0) is 15.6 Å². The fourth-order valence-corrected chi connectivity index (χ4v) is 4.40. The number of allylic oxidation sites excluding steroid dienone is 4. The highest BCUT2D eigenvalue weighted by atomic mass is 16.3. The molecule has 2 aliphatic carbocycles. The van der Waals surface area contributed by atoms with Gasteiger partial charge in [0.25, 0.3) is 0 Å². The van der Waals surface area contributed by atoms with Crippen LogP contribution in [0.25, 0.3) is 5.57 Å². The van der Waals surface area contributed by atoms with E-state index in [1.54, 1.807) is 12.1 Å². The number of carbonyl (C=O) groups excluding carboxylic acids is 2. The molecule has 2 aromatic rings. The Bertz CT molecular complexity index is 1130. The smallest absolute Gasteiger partial charge is 0.211 e. The zero-order chi connectivity index (χ0) is 21.8. The number of pyridine rings is 1. The normalized spacial score (nSPS) is 19.2. The van der Waals surface area contributed by atoms with Gasteiger partial charge in [0.05, 0.1) is 5.57 Å². The van der Waals surface area contributed by atoms with Gasteiger partial charge < -0.3 is 5.11 Å². The summed E-state index contributed by atoms with van der Waals surface area (Å²) in [7, 11) is 0. The molecule has 1 aromatic carbocycles. The monoisotopic (exact) mass is 401 g/mol. The van der Waals surface area contributed by atoms with Crippen molar-refractivity contribution in [1.82, 2.24) is 4.98 Å². The number of hydrogen-bond acceptors (Lipinski definition) is 4. The van der Waals surface area contributed by atoms with Crippen LogP contribution in [0.5, 0.6) is 0 Å². The molecular weight excluding hydrogens is 374 g/mol. The maximum Gasteiger partial charge on any atom is 0.211 e. The number of ketones is 2. The Morgan fingerprint density at radius 3 is 2.17 bits per heavy atom. The molecule has 1 aromatic heterocycles. The maximum atomic E-state index is 13.3. The Morgan fingerprint density at radius 1 is 1.00 bits per heavy atom. The number of aliphatic hydroxyl groups is 1. The second-order valence-corrected chi connectivity index (χ2v) is 9.50. The van der Waals surface area contributed by atoms with Crippen LogP contribution in [0.1, 0.15) is 78.8 Å². The van der Waals surface area contributed by atoms with Crippen LogP contribution in [0.15, 0.2) is 48.4 Å². The van der Waals surface area contributed by atoms with Crippen molar-refractivity contribution in [2.45, 2.75) is 58.3 Å². The Morgan fingerprint density at radius 2 is 1.63 bits per heavy atom. The summed E-state index contributed by atoms with van der Waals surface area (Å²) in [5.74, 6) is -0.123. The van der Waals surface area contributed by atoms with E-state index in [2.05, 4.69) is 50.9 Å². The van der Waals surface area contributed by atoms with E-state index in [0.717, 1.165) is 11.1 Å². The van der Waals surface area contributed by atoms with Crippen molar-refractivity contribution >= 4 is 17.1 Å². The van der Waals surface area contributed by atoms with Crippen molar-refractivity contribution in [3.8, 4) is 0 Å². The van der Waals surface area contributed by atoms with Crippen LogP contribution in [0, 0.1) is 6.92 Å². The minimum atomic E-state index is -0.155. The second-order valence-electron chi connectivity index (χ2n) is 9.50. The minimum absolute atomic E-state index is 0.0827. The van der Waals surface area contributed by atoms with E-state index in [1.807, 2.05) is 13.0 Å². The summed E-state index contributed by atoms with van der Waals surface area (Å²) in [6, 6.07) is 7.47. The summed E-state index contributed by atoms with van der Waals surface area (Å²) in [6.07, 6.45) is 6.64. The van der Waals surface area contributed by atoms with Gasteiger partial charge in [0.1, 0.15) is 11.5 Å². The van der Waals surface area contributed by atoms with Crippen molar-refractivity contribution in [2.24, 2.45) is 0 Å². The first-order valence-electron chi connectivity index (χ1n) is 10.3. The number of carbonyl (C=O) groups is 2. The first-order chi connectivity index (χ1) is 14.0. The summed E-state index contributed by atoms with van der Waals surface area (Å²) in [5, 5.41) is 9.97. The van der Waals surface area contributed by atoms with Crippen LogP contribution >= 0.6 is 0 Å². The van der Waals surface area contributed by atoms with Gasteiger partial charge in [-0.1, -0.05) is 52.0 Å². The van der Waals surface area contributed by atoms with Gasteiger partial charge in [0, 0.05) is 41.0 Å². The highest BCUT2D eigenvalue weighted by Gasteiger charge is 2.34. The van der Waals surface area contributed by atoms with Gasteiger partial charge >= 0.3 is 0 Å². The molecule has 0 amide bonds. The zero-order valence-electron chi connectivity index (χ0n) is 18.2. The minimum Gasteiger partial charge on any atom is -0.512 e. The summed E-state index contributed by atoms with van der Waals surface area (Å²) >= 11 is 0. The molecule has 154 valence electrons. The fraction of sp³-hybridized carbons (Fsp3) is 0.346. The number of hydrogen-bond donors (Lipinski definition) is 1. The molecule has 0 aliphatic heterocycles. The third-order valence-electron chi connectivity index (χ3n) is 6.36. The SMILES string of the molecule is Cc1cc2c(cc1C(=O)c1ccc(C3=C(O)CCC3=O)cn1)C(C)(C)C=CC2(C)C. The highest BCUT2D eigenvalue weighted by Crippen LogP contribution is 2.42. The lowest BCUT2D eigenvalue weighted by Gasteiger charge is -2.37. The van der Waals surface area contributed by atoms with E-state index >= 15 is 0 Å². The topological polar surface area (TPSA) is 67.3 Å². The van der Waals surface area contributed by atoms with Gasteiger partial charge in [-0.05, 0) is 35.7 Å². The number of aromatic nitrogens is 1. The van der Waals surface area contributed by atoms with Gasteiger partial charge in [0.15, 0.2) is 5.78 Å². The molecule has 0 saturated carbocycles. The summed E-state index contributed by atoms with van der Waals surface area (Å²) in [4.78, 5) is 29.6. The van der Waals surface area contributed by atoms with Gasteiger partial charge in [0.2, 0.25) is 5.78 Å². The number of nitrogens with zero attached hydrogens (tertiary/aromatic N) is 1. The Balaban J connectivity index is 1.73. The Kier molecular flexibility index (Phi) is 4.57. The maximum absolute atomic E-state index is 13.3. The first-order valence-corrected chi connectivity index (χ1v) is 10.3. The Hall–Kier alpha value is -3.01. The molecule has 0 radical (unpaired) electrons. The van der Waals surface area contributed by atoms with E-state index < -0.39 is 0 Å². The molecule has 0 fully saturated rings. The number of Topliss-reactive ketones (excluding diaryl/α,β-unsaturated/α-hetero) is 1. The molecule has 2 aliphatic rings. The lowest BCUT2D eigenvalue weighted by molar-refractivity contribution is -0.113. The zero-order valence-corrected chi connectivity index (χ0v) is 18.2. The number of aliphatic hydroxyl groups excluding tert-OH is 1. The van der Waals surface area contributed by atoms with Crippen LogP contribution in [0.4, 0.5) is 0 Å². The molecule has 0 spiro atoms. The van der Waals surface area contributed by atoms with Gasteiger partial charge in [-0.25, -0.2) is 0 Å². The highest BCUT2D eigenvalue weighted by molar-refractivity contribution is 6.23. The van der Waals surface area contributed by atoms with Gasteiger partial charge in [-0.15, -0.1) is 0 Å². The summed E-state index contributed by atoms with van der Waals surface area (Å²) in [6.45, 7) is 10.7. The molecule has 4 heteroatoms. The van der Waals surface area contributed by atoms with E-state index in [1.165, 1.54) is 11.8 Å². The molecule has 1 N–H and O–H groups in total. The van der Waals surface area contributed by atoms with Crippen LogP contribution in [0.2, 0.25) is 0 Å². The van der Waals surface area contributed by atoms with Crippen LogP contribution in [0.3, 0.4) is 0 Å². The molecule has 0 bridgehead atoms. The number of fused-ring (bicyclic) bond motifs is 1. The lowest BCUT2D eigenvalue weighted by Crippen LogP contribution is -2.29. The van der Waals surface area contributed by atoms with Crippen molar-refractivity contribution < 1.29 is 14.7 Å². The van der Waals surface area contributed by atoms with Crippen molar-refractivity contribution in [2.75, 3.05) is 0 Å². The standard InChI is InChI=1S/C26H27NO3/c1-15-12-18-19(26(4,5)11-10-25(18,2)3)13-17(15)24(30)20-7-6-16(14-27-20)23-21(28)8-9-22(23)29/h6-7,10-14,28H,8-9H2,1-5H3. The summed E-state index contributed by atoms with van der Waals surface area (Å²) in [5.41, 5.74) is 4.95. The molecule has 1 heterocycles. The molecule has 4 nitrogen and oxygen atoms in total. The third-order valence-corrected chi connectivity index (χ3v) is 6.36. The van der Waals surface area contributed by atoms with Crippen molar-refractivity contribution in [3.63, 3.8) is 0 Å². The largest absolute Gasteiger partial charge is 0.512 e. The van der Waals surface area contributed by atoms with Crippen molar-refractivity contribution in [1.29, 1.82) is 0 Å². The quantitative estimate of drug-likeness (QED) is 0.554.